The van der Waals surface area contributed by atoms with Gasteiger partial charge in [-0.2, -0.15) is 0 Å². The standard InChI is InChI=1S/C28H29BrClFN2O2/c1-19(2)17-32-28(35)26(15-20-7-4-3-5-8-20)33(18-21-11-13-22(29)14-12-21)27(34)16-23-24(30)9-6-10-25(23)31/h3-14,19,26H,15-18H2,1-2H3,(H,32,35). The van der Waals surface area contributed by atoms with Crippen LogP contribution < -0.4 is 5.32 Å². The number of nitrogens with zero attached hydrogens (tertiary/aromatic N) is 1. The molecule has 7 heteroatoms. The predicted octanol–water partition coefficient (Wildman–Crippen LogP) is 6.20. The minimum absolute atomic E-state index is 0.126. The van der Waals surface area contributed by atoms with Crippen LogP contribution in [0, 0.1) is 11.7 Å². The maximum absolute atomic E-state index is 14.5. The van der Waals surface area contributed by atoms with Gasteiger partial charge in [0.15, 0.2) is 0 Å². The van der Waals surface area contributed by atoms with Gasteiger partial charge in [-0.15, -0.1) is 0 Å². The molecule has 0 saturated carbocycles. The molecule has 0 aliphatic carbocycles. The van der Waals surface area contributed by atoms with E-state index in [1.807, 2.05) is 68.4 Å². The first-order valence-corrected chi connectivity index (χ1v) is 12.7. The Morgan fingerprint density at radius 2 is 1.66 bits per heavy atom. The molecular formula is C28H29BrClFN2O2. The summed E-state index contributed by atoms with van der Waals surface area (Å²) < 4.78 is 15.4. The van der Waals surface area contributed by atoms with Crippen LogP contribution in [-0.4, -0.2) is 29.3 Å². The van der Waals surface area contributed by atoms with Crippen molar-refractivity contribution in [1.82, 2.24) is 10.2 Å². The van der Waals surface area contributed by atoms with Gasteiger partial charge in [-0.25, -0.2) is 4.39 Å². The second-order valence-electron chi connectivity index (χ2n) is 8.87. The Kier molecular flexibility index (Phi) is 9.87. The van der Waals surface area contributed by atoms with Crippen LogP contribution in [0.5, 0.6) is 0 Å². The fourth-order valence-electron chi connectivity index (χ4n) is 3.72. The van der Waals surface area contributed by atoms with Crippen LogP contribution in [0.15, 0.2) is 77.3 Å². The molecular weight excluding hydrogens is 531 g/mol. The largest absolute Gasteiger partial charge is 0.354 e. The van der Waals surface area contributed by atoms with Crippen molar-refractivity contribution in [2.75, 3.05) is 6.54 Å². The van der Waals surface area contributed by atoms with Crippen molar-refractivity contribution in [2.24, 2.45) is 5.92 Å². The van der Waals surface area contributed by atoms with Crippen LogP contribution in [0.2, 0.25) is 5.02 Å². The zero-order valence-electron chi connectivity index (χ0n) is 19.8. The lowest BCUT2D eigenvalue weighted by Crippen LogP contribution is -2.51. The zero-order valence-corrected chi connectivity index (χ0v) is 22.2. The monoisotopic (exact) mass is 558 g/mol. The highest BCUT2D eigenvalue weighted by atomic mass is 79.9. The molecule has 3 aromatic rings. The number of hydrogen-bond acceptors (Lipinski definition) is 2. The number of amides is 2. The van der Waals surface area contributed by atoms with Gasteiger partial charge in [0.05, 0.1) is 6.42 Å². The molecule has 2 amide bonds. The summed E-state index contributed by atoms with van der Waals surface area (Å²) in [6.07, 6.45) is 0.0861. The number of hydrogen-bond donors (Lipinski definition) is 1. The topological polar surface area (TPSA) is 49.4 Å². The minimum Gasteiger partial charge on any atom is -0.354 e. The van der Waals surface area contributed by atoms with Crippen molar-refractivity contribution in [1.29, 1.82) is 0 Å². The van der Waals surface area contributed by atoms with E-state index in [-0.39, 0.29) is 41.3 Å². The molecule has 0 radical (unpaired) electrons. The number of carbonyl (C=O) groups excluding carboxylic acids is 2. The molecule has 184 valence electrons. The van der Waals surface area contributed by atoms with Crippen molar-refractivity contribution in [3.8, 4) is 0 Å². The maximum Gasteiger partial charge on any atom is 0.243 e. The van der Waals surface area contributed by atoms with Gasteiger partial charge in [-0.3, -0.25) is 9.59 Å². The average Bonchev–Trinajstić information content (AvgIpc) is 2.84. The minimum atomic E-state index is -0.780. The first kappa shape index (κ1) is 26.9. The molecule has 1 N–H and O–H groups in total. The van der Waals surface area contributed by atoms with Crippen molar-refractivity contribution >= 4 is 39.3 Å². The first-order valence-electron chi connectivity index (χ1n) is 11.5. The van der Waals surface area contributed by atoms with E-state index in [1.165, 1.54) is 17.0 Å². The third-order valence-corrected chi connectivity index (χ3v) is 6.49. The second kappa shape index (κ2) is 12.8. The van der Waals surface area contributed by atoms with E-state index in [0.29, 0.717) is 13.0 Å². The van der Waals surface area contributed by atoms with Gasteiger partial charge in [0.2, 0.25) is 11.8 Å². The van der Waals surface area contributed by atoms with E-state index in [9.17, 15) is 14.0 Å². The lowest BCUT2D eigenvalue weighted by atomic mass is 10.0. The molecule has 0 bridgehead atoms. The average molecular weight is 560 g/mol. The fraction of sp³-hybridized carbons (Fsp3) is 0.286. The van der Waals surface area contributed by atoms with Gasteiger partial charge in [0.25, 0.3) is 0 Å². The summed E-state index contributed by atoms with van der Waals surface area (Å²) >= 11 is 9.65. The smallest absolute Gasteiger partial charge is 0.243 e. The number of halogens is 3. The van der Waals surface area contributed by atoms with Gasteiger partial charge in [0, 0.05) is 34.6 Å². The Balaban J connectivity index is 1.98. The second-order valence-corrected chi connectivity index (χ2v) is 10.2. The summed E-state index contributed by atoms with van der Waals surface area (Å²) in [5.74, 6) is -0.907. The van der Waals surface area contributed by atoms with Crippen LogP contribution >= 0.6 is 27.5 Å². The van der Waals surface area contributed by atoms with Gasteiger partial charge < -0.3 is 10.2 Å². The molecule has 1 atom stereocenters. The molecule has 0 fully saturated rings. The van der Waals surface area contributed by atoms with Crippen LogP contribution in [0.25, 0.3) is 0 Å². The van der Waals surface area contributed by atoms with Gasteiger partial charge in [-0.05, 0) is 41.3 Å². The van der Waals surface area contributed by atoms with Crippen LogP contribution in [0.1, 0.15) is 30.5 Å². The highest BCUT2D eigenvalue weighted by molar-refractivity contribution is 9.10. The van der Waals surface area contributed by atoms with E-state index < -0.39 is 11.9 Å². The summed E-state index contributed by atoms with van der Waals surface area (Å²) in [7, 11) is 0. The molecule has 0 heterocycles. The first-order chi connectivity index (χ1) is 16.7. The summed E-state index contributed by atoms with van der Waals surface area (Å²) in [5.41, 5.74) is 1.91. The zero-order chi connectivity index (χ0) is 25.4. The molecule has 0 aliphatic heterocycles. The van der Waals surface area contributed by atoms with Crippen LogP contribution in [-0.2, 0) is 29.0 Å². The fourth-order valence-corrected chi connectivity index (χ4v) is 4.21. The van der Waals surface area contributed by atoms with Gasteiger partial charge in [0.1, 0.15) is 11.9 Å². The molecule has 35 heavy (non-hydrogen) atoms. The Labute approximate surface area is 219 Å². The van der Waals surface area contributed by atoms with E-state index in [4.69, 9.17) is 11.6 Å². The summed E-state index contributed by atoms with van der Waals surface area (Å²) in [6.45, 7) is 4.71. The molecule has 0 aromatic heterocycles. The molecule has 0 saturated heterocycles. The number of carbonyl (C=O) groups is 2. The quantitative estimate of drug-likeness (QED) is 0.322. The van der Waals surface area contributed by atoms with Gasteiger partial charge in [-0.1, -0.05) is 89.9 Å². The molecule has 3 aromatic carbocycles. The lowest BCUT2D eigenvalue weighted by molar-refractivity contribution is -0.140. The Morgan fingerprint density at radius 3 is 2.29 bits per heavy atom. The third kappa shape index (κ3) is 7.91. The molecule has 0 aliphatic rings. The maximum atomic E-state index is 14.5. The van der Waals surface area contributed by atoms with Gasteiger partial charge >= 0.3 is 0 Å². The lowest BCUT2D eigenvalue weighted by Gasteiger charge is -2.32. The van der Waals surface area contributed by atoms with Crippen molar-refractivity contribution in [3.05, 3.63) is 105 Å². The number of benzene rings is 3. The molecule has 1 unspecified atom stereocenters. The molecule has 4 nitrogen and oxygen atoms in total. The normalized spacial score (nSPS) is 11.8. The van der Waals surface area contributed by atoms with E-state index in [2.05, 4.69) is 21.2 Å². The van der Waals surface area contributed by atoms with Crippen molar-refractivity contribution in [3.63, 3.8) is 0 Å². The van der Waals surface area contributed by atoms with Crippen molar-refractivity contribution in [2.45, 2.75) is 39.3 Å². The molecule has 3 rings (SSSR count). The highest BCUT2D eigenvalue weighted by Gasteiger charge is 2.31. The SMILES string of the molecule is CC(C)CNC(=O)C(Cc1ccccc1)N(Cc1ccc(Br)cc1)C(=O)Cc1c(F)cccc1Cl. The van der Waals surface area contributed by atoms with Crippen LogP contribution in [0.4, 0.5) is 4.39 Å². The highest BCUT2D eigenvalue weighted by Crippen LogP contribution is 2.23. The Morgan fingerprint density at radius 1 is 0.971 bits per heavy atom. The summed E-state index contributed by atoms with van der Waals surface area (Å²) in [6, 6.07) is 20.7. The molecule has 0 spiro atoms. The predicted molar refractivity (Wildman–Crippen MR) is 142 cm³/mol. The summed E-state index contributed by atoms with van der Waals surface area (Å²) in [5, 5.41) is 3.16. The van der Waals surface area contributed by atoms with E-state index in [0.717, 1.165) is 15.6 Å². The van der Waals surface area contributed by atoms with E-state index >= 15 is 0 Å². The van der Waals surface area contributed by atoms with E-state index in [1.54, 1.807) is 6.07 Å². The summed E-state index contributed by atoms with van der Waals surface area (Å²) in [4.78, 5) is 28.6. The van der Waals surface area contributed by atoms with Crippen LogP contribution in [0.3, 0.4) is 0 Å². The Hall–Kier alpha value is -2.70. The third-order valence-electron chi connectivity index (χ3n) is 5.61. The van der Waals surface area contributed by atoms with Crippen molar-refractivity contribution < 1.29 is 14.0 Å². The number of rotatable bonds is 10. The number of nitrogens with one attached hydrogen (secondary N) is 1. The Bertz CT molecular complexity index is 1120.